The van der Waals surface area contributed by atoms with E-state index in [9.17, 15) is 9.59 Å². The second-order valence-electron chi connectivity index (χ2n) is 3.31. The van der Waals surface area contributed by atoms with Crippen LogP contribution in [-0.4, -0.2) is 22.2 Å². The number of allylic oxidation sites excluding steroid dienone is 1. The molecule has 0 aliphatic rings. The molecule has 0 amide bonds. The number of carboxylic acid groups (broad SMARTS) is 2. The van der Waals surface area contributed by atoms with E-state index >= 15 is 0 Å². The van der Waals surface area contributed by atoms with Crippen LogP contribution in [0.4, 0.5) is 0 Å². The van der Waals surface area contributed by atoms with Crippen LogP contribution < -0.4 is 0 Å². The Morgan fingerprint density at radius 2 is 1.88 bits per heavy atom. The molecule has 1 aromatic rings. The van der Waals surface area contributed by atoms with E-state index in [4.69, 9.17) is 10.2 Å². The minimum absolute atomic E-state index is 0. The molecule has 92 valence electrons. The highest BCUT2D eigenvalue weighted by atomic mass is 32.1. The van der Waals surface area contributed by atoms with Crippen LogP contribution in [0.2, 0.25) is 0 Å². The lowest BCUT2D eigenvalue weighted by Gasteiger charge is -2.05. The van der Waals surface area contributed by atoms with E-state index in [0.29, 0.717) is 18.4 Å². The van der Waals surface area contributed by atoms with Crippen molar-refractivity contribution in [2.45, 2.75) is 12.8 Å². The minimum Gasteiger partial charge on any atom is -0.478 e. The summed E-state index contributed by atoms with van der Waals surface area (Å²) >= 11 is 0. The molecule has 0 saturated heterocycles. The Hall–Kier alpha value is -1.75. The van der Waals surface area contributed by atoms with Crippen LogP contribution in [0, 0.1) is 0 Å². The van der Waals surface area contributed by atoms with Gasteiger partial charge in [0.05, 0.1) is 11.1 Å². The molecule has 0 fully saturated rings. The Bertz CT molecular complexity index is 440. The molecule has 1 rings (SSSR count). The molecule has 0 unspecified atom stereocenters. The van der Waals surface area contributed by atoms with Gasteiger partial charge in [-0.3, -0.25) is 0 Å². The van der Waals surface area contributed by atoms with Crippen LogP contribution in [0.5, 0.6) is 0 Å². The van der Waals surface area contributed by atoms with Gasteiger partial charge in [-0.25, -0.2) is 9.59 Å². The third kappa shape index (κ3) is 3.96. The van der Waals surface area contributed by atoms with Crippen LogP contribution in [0.1, 0.15) is 32.7 Å². The summed E-state index contributed by atoms with van der Waals surface area (Å²) in [6.07, 6.45) is 2.90. The molecular formula is C12H14O4S. The van der Waals surface area contributed by atoms with Crippen molar-refractivity contribution in [2.24, 2.45) is 0 Å². The normalized spacial score (nSPS) is 9.18. The molecule has 1 aromatic carbocycles. The predicted octanol–water partition coefficient (Wildman–Crippen LogP) is 2.31. The van der Waals surface area contributed by atoms with Gasteiger partial charge in [0.25, 0.3) is 0 Å². The van der Waals surface area contributed by atoms with Crippen molar-refractivity contribution in [3.63, 3.8) is 0 Å². The molecular weight excluding hydrogens is 240 g/mol. The lowest BCUT2D eigenvalue weighted by atomic mass is 10.00. The third-order valence-electron chi connectivity index (χ3n) is 2.21. The van der Waals surface area contributed by atoms with Gasteiger partial charge in [0.1, 0.15) is 0 Å². The summed E-state index contributed by atoms with van der Waals surface area (Å²) in [6.45, 7) is 3.55. The topological polar surface area (TPSA) is 74.6 Å². The van der Waals surface area contributed by atoms with Gasteiger partial charge in [-0.15, -0.1) is 6.58 Å². The number of hydrogen-bond acceptors (Lipinski definition) is 2. The lowest BCUT2D eigenvalue weighted by Crippen LogP contribution is -2.06. The first-order valence-corrected chi connectivity index (χ1v) is 4.76. The van der Waals surface area contributed by atoms with Crippen LogP contribution >= 0.6 is 13.5 Å². The first kappa shape index (κ1) is 15.2. The smallest absolute Gasteiger partial charge is 0.335 e. The fourth-order valence-electron chi connectivity index (χ4n) is 1.38. The number of rotatable bonds is 5. The van der Waals surface area contributed by atoms with E-state index in [0.717, 1.165) is 0 Å². The molecule has 0 spiro atoms. The van der Waals surface area contributed by atoms with Crippen molar-refractivity contribution in [2.75, 3.05) is 0 Å². The standard InChI is InChI=1S/C12H12O4.H2S/c1-2-3-4-8-5-6-9(11(13)14)7-10(8)12(15)16;/h2,5-7H,1,3-4H2,(H,13,14)(H,15,16);1H2. The molecule has 0 aromatic heterocycles. The molecule has 0 atom stereocenters. The van der Waals surface area contributed by atoms with Crippen LogP contribution in [0.25, 0.3) is 0 Å². The first-order chi connectivity index (χ1) is 7.56. The van der Waals surface area contributed by atoms with Crippen molar-refractivity contribution in [3.8, 4) is 0 Å². The number of carboxylic acids is 2. The molecule has 0 radical (unpaired) electrons. The largest absolute Gasteiger partial charge is 0.478 e. The molecule has 2 N–H and O–H groups in total. The summed E-state index contributed by atoms with van der Waals surface area (Å²) in [5.74, 6) is -2.24. The summed E-state index contributed by atoms with van der Waals surface area (Å²) < 4.78 is 0. The Morgan fingerprint density at radius 1 is 1.24 bits per heavy atom. The highest BCUT2D eigenvalue weighted by Crippen LogP contribution is 2.14. The fourth-order valence-corrected chi connectivity index (χ4v) is 1.38. The van der Waals surface area contributed by atoms with Crippen molar-refractivity contribution < 1.29 is 19.8 Å². The third-order valence-corrected chi connectivity index (χ3v) is 2.21. The van der Waals surface area contributed by atoms with E-state index in [1.165, 1.54) is 18.2 Å². The second-order valence-corrected chi connectivity index (χ2v) is 3.31. The average molecular weight is 254 g/mol. The highest BCUT2D eigenvalue weighted by molar-refractivity contribution is 7.59. The van der Waals surface area contributed by atoms with Crippen LogP contribution in [0.3, 0.4) is 0 Å². The Morgan fingerprint density at radius 3 is 2.35 bits per heavy atom. The predicted molar refractivity (Wildman–Crippen MR) is 69.3 cm³/mol. The van der Waals surface area contributed by atoms with Crippen molar-refractivity contribution in [1.29, 1.82) is 0 Å². The number of carbonyl (C=O) groups is 2. The highest BCUT2D eigenvalue weighted by Gasteiger charge is 2.13. The van der Waals surface area contributed by atoms with Crippen molar-refractivity contribution >= 4 is 25.4 Å². The Balaban J connectivity index is 0.00000256. The first-order valence-electron chi connectivity index (χ1n) is 4.76. The van der Waals surface area contributed by atoms with Gasteiger partial charge in [-0.05, 0) is 30.5 Å². The monoisotopic (exact) mass is 254 g/mol. The van der Waals surface area contributed by atoms with Gasteiger partial charge in [-0.2, -0.15) is 13.5 Å². The zero-order chi connectivity index (χ0) is 12.1. The Labute approximate surface area is 106 Å². The molecule has 0 bridgehead atoms. The van der Waals surface area contributed by atoms with Crippen LogP contribution in [0.15, 0.2) is 30.9 Å². The molecule has 0 aliphatic carbocycles. The van der Waals surface area contributed by atoms with Gasteiger partial charge >= 0.3 is 11.9 Å². The van der Waals surface area contributed by atoms with Gasteiger partial charge in [0, 0.05) is 0 Å². The summed E-state index contributed by atoms with van der Waals surface area (Å²) in [6, 6.07) is 4.13. The number of aryl methyl sites for hydroxylation is 1. The number of benzene rings is 1. The van der Waals surface area contributed by atoms with E-state index < -0.39 is 11.9 Å². The van der Waals surface area contributed by atoms with Gasteiger partial charge in [0.2, 0.25) is 0 Å². The maximum Gasteiger partial charge on any atom is 0.335 e. The lowest BCUT2D eigenvalue weighted by molar-refractivity contribution is 0.0695. The minimum atomic E-state index is -1.13. The van der Waals surface area contributed by atoms with Gasteiger partial charge in [0.15, 0.2) is 0 Å². The number of hydrogen-bond donors (Lipinski definition) is 2. The molecule has 4 nitrogen and oxygen atoms in total. The van der Waals surface area contributed by atoms with Crippen molar-refractivity contribution in [1.82, 2.24) is 0 Å². The summed E-state index contributed by atoms with van der Waals surface area (Å²) in [5.41, 5.74) is 0.652. The van der Waals surface area contributed by atoms with E-state index in [1.54, 1.807) is 6.08 Å². The fraction of sp³-hybridized carbons (Fsp3) is 0.167. The average Bonchev–Trinajstić information content (AvgIpc) is 2.25. The van der Waals surface area contributed by atoms with Gasteiger partial charge in [-0.1, -0.05) is 12.1 Å². The summed E-state index contributed by atoms with van der Waals surface area (Å²) in [4.78, 5) is 21.6. The zero-order valence-corrected chi connectivity index (χ0v) is 10.1. The van der Waals surface area contributed by atoms with Crippen molar-refractivity contribution in [3.05, 3.63) is 47.5 Å². The molecule has 0 heterocycles. The van der Waals surface area contributed by atoms with E-state index in [-0.39, 0.29) is 24.6 Å². The molecule has 17 heavy (non-hydrogen) atoms. The Kier molecular flexibility index (Phi) is 6.06. The van der Waals surface area contributed by atoms with E-state index in [1.807, 2.05) is 0 Å². The maximum atomic E-state index is 10.9. The van der Waals surface area contributed by atoms with Crippen LogP contribution in [-0.2, 0) is 6.42 Å². The second kappa shape index (κ2) is 6.75. The summed E-state index contributed by atoms with van der Waals surface area (Å²) in [5, 5.41) is 17.7. The number of aromatic carboxylic acids is 2. The van der Waals surface area contributed by atoms with Gasteiger partial charge < -0.3 is 10.2 Å². The zero-order valence-electron chi connectivity index (χ0n) is 9.14. The molecule has 5 heteroatoms. The quantitative estimate of drug-likeness (QED) is 0.791. The maximum absolute atomic E-state index is 10.9. The molecule has 0 saturated carbocycles. The SMILES string of the molecule is C=CCCc1ccc(C(=O)O)cc1C(=O)O.S. The summed E-state index contributed by atoms with van der Waals surface area (Å²) in [7, 11) is 0. The molecule has 0 aliphatic heterocycles. The van der Waals surface area contributed by atoms with E-state index in [2.05, 4.69) is 6.58 Å².